The van der Waals surface area contributed by atoms with Gasteiger partial charge < -0.3 is 10.5 Å². The minimum Gasteiger partial charge on any atom is -0.466 e. The fraction of sp³-hybridized carbons (Fsp3) is 0.462. The first kappa shape index (κ1) is 13.8. The van der Waals surface area contributed by atoms with E-state index >= 15 is 0 Å². The topological polar surface area (TPSA) is 52.3 Å². The highest BCUT2D eigenvalue weighted by atomic mass is 35.5. The molecule has 0 atom stereocenters. The predicted octanol–water partition coefficient (Wildman–Crippen LogP) is 3.20. The number of nitrogen functional groups attached to an aromatic ring is 1. The lowest BCUT2D eigenvalue weighted by molar-refractivity contribution is -0.143. The minimum atomic E-state index is -0.160. The molecule has 0 amide bonds. The van der Waals surface area contributed by atoms with Gasteiger partial charge in [0, 0.05) is 6.42 Å². The number of anilines is 1. The van der Waals surface area contributed by atoms with Gasteiger partial charge in [-0.2, -0.15) is 0 Å². The van der Waals surface area contributed by atoms with Gasteiger partial charge in [-0.05, 0) is 30.5 Å². The summed E-state index contributed by atoms with van der Waals surface area (Å²) in [4.78, 5) is 11.4. The third kappa shape index (κ3) is 5.09. The molecular formula is C13H18ClNO2. The van der Waals surface area contributed by atoms with Gasteiger partial charge in [0.2, 0.25) is 0 Å². The van der Waals surface area contributed by atoms with Crippen LogP contribution in [-0.4, -0.2) is 12.6 Å². The number of esters is 1. The van der Waals surface area contributed by atoms with Gasteiger partial charge in [-0.3, -0.25) is 4.79 Å². The Kier molecular flexibility index (Phi) is 5.84. The first-order valence-corrected chi connectivity index (χ1v) is 6.20. The van der Waals surface area contributed by atoms with Crippen molar-refractivity contribution < 1.29 is 9.53 Å². The maximum Gasteiger partial charge on any atom is 0.306 e. The van der Waals surface area contributed by atoms with Crippen molar-refractivity contribution in [2.45, 2.75) is 32.6 Å². The first-order valence-electron chi connectivity index (χ1n) is 5.83. The third-order valence-electron chi connectivity index (χ3n) is 2.44. The van der Waals surface area contributed by atoms with E-state index in [1.807, 2.05) is 6.07 Å². The lowest BCUT2D eigenvalue weighted by Gasteiger charge is -2.05. The molecule has 0 spiro atoms. The molecule has 0 aliphatic heterocycles. The Hall–Kier alpha value is -1.22. The number of halogens is 1. The molecule has 0 saturated heterocycles. The normalized spacial score (nSPS) is 10.2. The van der Waals surface area contributed by atoms with Gasteiger partial charge in [0.25, 0.3) is 0 Å². The molecule has 0 aromatic heterocycles. The van der Waals surface area contributed by atoms with Crippen LogP contribution in [0.25, 0.3) is 0 Å². The third-order valence-corrected chi connectivity index (χ3v) is 2.78. The Labute approximate surface area is 107 Å². The second kappa shape index (κ2) is 7.17. The zero-order valence-electron chi connectivity index (χ0n) is 10.0. The second-order valence-electron chi connectivity index (χ2n) is 3.93. The summed E-state index contributed by atoms with van der Waals surface area (Å²) < 4.78 is 5.06. The summed E-state index contributed by atoms with van der Waals surface area (Å²) in [7, 11) is 0. The molecule has 17 heavy (non-hydrogen) atoms. The van der Waals surface area contributed by atoms with Gasteiger partial charge in [0.1, 0.15) is 0 Å². The van der Waals surface area contributed by atoms with Crippen molar-refractivity contribution >= 4 is 23.3 Å². The number of unbranched alkanes of at least 4 members (excludes halogenated alkanes) is 1. The van der Waals surface area contributed by atoms with E-state index in [-0.39, 0.29) is 5.97 Å². The van der Waals surface area contributed by atoms with Gasteiger partial charge in [-0.1, -0.05) is 31.0 Å². The van der Waals surface area contributed by atoms with Crippen molar-refractivity contribution in [1.29, 1.82) is 0 Å². The molecule has 0 fully saturated rings. The summed E-state index contributed by atoms with van der Waals surface area (Å²) in [6.07, 6.45) is 2.96. The van der Waals surface area contributed by atoms with Crippen LogP contribution in [-0.2, 0) is 16.0 Å². The van der Waals surface area contributed by atoms with Crippen LogP contribution in [0, 0.1) is 0 Å². The van der Waals surface area contributed by atoms with Crippen LogP contribution in [0.15, 0.2) is 18.2 Å². The maximum absolute atomic E-state index is 11.4. The average molecular weight is 256 g/mol. The Morgan fingerprint density at radius 1 is 1.47 bits per heavy atom. The van der Waals surface area contributed by atoms with E-state index in [9.17, 15) is 4.79 Å². The van der Waals surface area contributed by atoms with E-state index in [0.29, 0.717) is 30.2 Å². The molecule has 0 aliphatic carbocycles. The fourth-order valence-electron chi connectivity index (χ4n) is 1.40. The molecule has 1 aromatic rings. The van der Waals surface area contributed by atoms with Crippen molar-refractivity contribution in [1.82, 2.24) is 0 Å². The molecular weight excluding hydrogens is 238 g/mol. The van der Waals surface area contributed by atoms with Crippen LogP contribution in [0.1, 0.15) is 31.7 Å². The maximum atomic E-state index is 11.4. The zero-order chi connectivity index (χ0) is 12.7. The highest BCUT2D eigenvalue weighted by Crippen LogP contribution is 2.20. The molecule has 0 unspecified atom stereocenters. The minimum absolute atomic E-state index is 0.160. The van der Waals surface area contributed by atoms with E-state index in [1.54, 1.807) is 12.1 Å². The number of aryl methyl sites for hydroxylation is 1. The smallest absolute Gasteiger partial charge is 0.306 e. The molecule has 0 bridgehead atoms. The molecule has 3 nitrogen and oxygen atoms in total. The largest absolute Gasteiger partial charge is 0.466 e. The standard InChI is InChI=1S/C13H18ClNO2/c1-2-3-8-17-13(16)7-5-10-4-6-11(14)12(15)9-10/h4,6,9H,2-3,5,7-8,15H2,1H3. The molecule has 0 saturated carbocycles. The van der Waals surface area contributed by atoms with Crippen LogP contribution in [0.4, 0.5) is 5.69 Å². The van der Waals surface area contributed by atoms with Crippen LogP contribution in [0.5, 0.6) is 0 Å². The van der Waals surface area contributed by atoms with Gasteiger partial charge >= 0.3 is 5.97 Å². The number of rotatable bonds is 6. The number of hydrogen-bond donors (Lipinski definition) is 1. The highest BCUT2D eigenvalue weighted by molar-refractivity contribution is 6.33. The summed E-state index contributed by atoms with van der Waals surface area (Å²) >= 11 is 5.81. The van der Waals surface area contributed by atoms with E-state index in [2.05, 4.69) is 6.92 Å². The number of ether oxygens (including phenoxy) is 1. The van der Waals surface area contributed by atoms with Gasteiger partial charge in [0.15, 0.2) is 0 Å². The van der Waals surface area contributed by atoms with E-state index in [4.69, 9.17) is 22.1 Å². The summed E-state index contributed by atoms with van der Waals surface area (Å²) in [5, 5.41) is 0.541. The molecule has 0 radical (unpaired) electrons. The van der Waals surface area contributed by atoms with Crippen LogP contribution in [0.3, 0.4) is 0 Å². The van der Waals surface area contributed by atoms with Crippen molar-refractivity contribution in [3.05, 3.63) is 28.8 Å². The zero-order valence-corrected chi connectivity index (χ0v) is 10.8. The van der Waals surface area contributed by atoms with Crippen molar-refractivity contribution in [3.8, 4) is 0 Å². The number of hydrogen-bond acceptors (Lipinski definition) is 3. The summed E-state index contributed by atoms with van der Waals surface area (Å²) in [6, 6.07) is 5.41. The predicted molar refractivity (Wildman–Crippen MR) is 70.1 cm³/mol. The fourth-order valence-corrected chi connectivity index (χ4v) is 1.52. The molecule has 1 aromatic carbocycles. The van der Waals surface area contributed by atoms with Crippen LogP contribution in [0.2, 0.25) is 5.02 Å². The Morgan fingerprint density at radius 2 is 2.24 bits per heavy atom. The number of nitrogens with two attached hydrogens (primary N) is 1. The molecule has 0 aliphatic rings. The Balaban J connectivity index is 2.34. The van der Waals surface area contributed by atoms with E-state index < -0.39 is 0 Å². The quantitative estimate of drug-likeness (QED) is 0.482. The molecule has 4 heteroatoms. The average Bonchev–Trinajstić information content (AvgIpc) is 2.31. The summed E-state index contributed by atoms with van der Waals surface area (Å²) in [5.41, 5.74) is 7.22. The second-order valence-corrected chi connectivity index (χ2v) is 4.34. The molecule has 0 heterocycles. The van der Waals surface area contributed by atoms with E-state index in [1.165, 1.54) is 0 Å². The highest BCUT2D eigenvalue weighted by Gasteiger charge is 2.04. The lowest BCUT2D eigenvalue weighted by atomic mass is 10.1. The summed E-state index contributed by atoms with van der Waals surface area (Å²) in [6.45, 7) is 2.57. The van der Waals surface area contributed by atoms with Crippen LogP contribution < -0.4 is 5.73 Å². The number of carbonyl (C=O) groups excluding carboxylic acids is 1. The monoisotopic (exact) mass is 255 g/mol. The summed E-state index contributed by atoms with van der Waals surface area (Å²) in [5.74, 6) is -0.160. The van der Waals surface area contributed by atoms with Gasteiger partial charge in [-0.15, -0.1) is 0 Å². The number of carbonyl (C=O) groups is 1. The van der Waals surface area contributed by atoms with E-state index in [0.717, 1.165) is 18.4 Å². The van der Waals surface area contributed by atoms with Crippen molar-refractivity contribution in [2.24, 2.45) is 0 Å². The lowest BCUT2D eigenvalue weighted by Crippen LogP contribution is -2.07. The van der Waals surface area contributed by atoms with Gasteiger partial charge in [0.05, 0.1) is 17.3 Å². The first-order chi connectivity index (χ1) is 8.13. The number of benzene rings is 1. The SMILES string of the molecule is CCCCOC(=O)CCc1ccc(Cl)c(N)c1. The van der Waals surface area contributed by atoms with Gasteiger partial charge in [-0.25, -0.2) is 0 Å². The molecule has 94 valence electrons. The molecule has 2 N–H and O–H groups in total. The van der Waals surface area contributed by atoms with Crippen molar-refractivity contribution in [2.75, 3.05) is 12.3 Å². The Morgan fingerprint density at radius 3 is 2.88 bits per heavy atom. The van der Waals surface area contributed by atoms with Crippen LogP contribution >= 0.6 is 11.6 Å². The Bertz CT molecular complexity index is 380. The van der Waals surface area contributed by atoms with Crippen molar-refractivity contribution in [3.63, 3.8) is 0 Å². The molecule has 1 rings (SSSR count).